The molecule has 78 valence electrons. The van der Waals surface area contributed by atoms with E-state index in [1.807, 2.05) is 6.92 Å². The predicted molar refractivity (Wildman–Crippen MR) is 52.2 cm³/mol. The molecule has 4 nitrogen and oxygen atoms in total. The maximum absolute atomic E-state index is 11.0. The fourth-order valence-corrected chi connectivity index (χ4v) is 1.19. The summed E-state index contributed by atoms with van der Waals surface area (Å²) in [6.45, 7) is 8.17. The number of nitrogens with two attached hydrogens (primary N) is 1. The van der Waals surface area contributed by atoms with Crippen LogP contribution in [-0.2, 0) is 4.74 Å². The predicted octanol–water partition coefficient (Wildman–Crippen LogP) is 1.45. The van der Waals surface area contributed by atoms with Gasteiger partial charge in [0.25, 0.3) is 0 Å². The Morgan fingerprint density at radius 2 is 2.08 bits per heavy atom. The molecule has 0 aliphatic carbocycles. The molecule has 0 saturated heterocycles. The summed E-state index contributed by atoms with van der Waals surface area (Å²) < 4.78 is 4.60. The van der Waals surface area contributed by atoms with Gasteiger partial charge in [0.1, 0.15) is 6.73 Å². The van der Waals surface area contributed by atoms with Crippen LogP contribution < -0.4 is 11.1 Å². The number of carbonyl (C=O) groups is 1. The van der Waals surface area contributed by atoms with Crippen molar-refractivity contribution in [1.29, 1.82) is 0 Å². The lowest BCUT2D eigenvalue weighted by Crippen LogP contribution is -2.43. The molecule has 0 spiro atoms. The van der Waals surface area contributed by atoms with Crippen molar-refractivity contribution in [2.75, 3.05) is 6.73 Å². The Balaban J connectivity index is 4.06. The summed E-state index contributed by atoms with van der Waals surface area (Å²) >= 11 is 0. The van der Waals surface area contributed by atoms with E-state index in [9.17, 15) is 4.79 Å². The van der Waals surface area contributed by atoms with Crippen LogP contribution in [0.15, 0.2) is 0 Å². The fourth-order valence-electron chi connectivity index (χ4n) is 1.19. The average molecular weight is 188 g/mol. The molecule has 0 aromatic carbocycles. The van der Waals surface area contributed by atoms with Crippen LogP contribution >= 0.6 is 0 Å². The number of rotatable bonds is 3. The Kier molecular flexibility index (Phi) is 4.77. The van der Waals surface area contributed by atoms with Gasteiger partial charge in [-0.3, -0.25) is 5.73 Å². The topological polar surface area (TPSA) is 64.3 Å². The quantitative estimate of drug-likeness (QED) is 0.659. The van der Waals surface area contributed by atoms with E-state index in [1.54, 1.807) is 0 Å². The summed E-state index contributed by atoms with van der Waals surface area (Å²) in [5, 5.41) is 2.77. The highest BCUT2D eigenvalue weighted by Gasteiger charge is 2.24. The van der Waals surface area contributed by atoms with Gasteiger partial charge in [0, 0.05) is 6.04 Å². The van der Waals surface area contributed by atoms with Crippen LogP contribution in [-0.4, -0.2) is 18.9 Å². The summed E-state index contributed by atoms with van der Waals surface area (Å²) in [5.74, 6) is 0. The summed E-state index contributed by atoms with van der Waals surface area (Å²) in [5.41, 5.74) is 5.12. The third-order valence-electron chi connectivity index (χ3n) is 1.96. The molecule has 1 unspecified atom stereocenters. The molecular formula is C9H20N2O2. The van der Waals surface area contributed by atoms with E-state index in [4.69, 9.17) is 5.73 Å². The summed E-state index contributed by atoms with van der Waals surface area (Å²) in [6.07, 6.45) is 0.438. The van der Waals surface area contributed by atoms with Gasteiger partial charge >= 0.3 is 6.09 Å². The molecule has 0 heterocycles. The maximum atomic E-state index is 11.0. The number of nitrogens with one attached hydrogen (secondary N) is 1. The zero-order valence-electron chi connectivity index (χ0n) is 8.89. The molecule has 0 aliphatic heterocycles. The van der Waals surface area contributed by atoms with Crippen molar-refractivity contribution < 1.29 is 9.53 Å². The molecule has 1 amide bonds. The monoisotopic (exact) mass is 188 g/mol. The number of ether oxygens (including phenoxy) is 1. The van der Waals surface area contributed by atoms with Gasteiger partial charge in [0.2, 0.25) is 0 Å². The Hall–Kier alpha value is -0.770. The molecule has 0 aromatic rings. The van der Waals surface area contributed by atoms with Crippen LogP contribution in [0.4, 0.5) is 4.79 Å². The van der Waals surface area contributed by atoms with Crippen molar-refractivity contribution in [1.82, 2.24) is 5.32 Å². The van der Waals surface area contributed by atoms with Crippen LogP contribution in [0.3, 0.4) is 0 Å². The molecule has 4 heteroatoms. The second-order valence-electron chi connectivity index (χ2n) is 4.07. The first-order valence-corrected chi connectivity index (χ1v) is 4.55. The number of hydrogen-bond donors (Lipinski definition) is 2. The Labute approximate surface area is 79.8 Å². The number of hydrogen-bond acceptors (Lipinski definition) is 3. The Morgan fingerprint density at radius 3 is 2.38 bits per heavy atom. The molecule has 1 atom stereocenters. The highest BCUT2D eigenvalue weighted by atomic mass is 16.6. The van der Waals surface area contributed by atoms with E-state index >= 15 is 0 Å². The van der Waals surface area contributed by atoms with Crippen molar-refractivity contribution >= 4 is 6.09 Å². The van der Waals surface area contributed by atoms with E-state index < -0.39 is 6.09 Å². The van der Waals surface area contributed by atoms with E-state index in [-0.39, 0.29) is 18.2 Å². The van der Waals surface area contributed by atoms with Crippen LogP contribution in [0.5, 0.6) is 0 Å². The average Bonchev–Trinajstić information content (AvgIpc) is 1.98. The first-order chi connectivity index (χ1) is 5.91. The first kappa shape index (κ1) is 12.2. The van der Waals surface area contributed by atoms with Gasteiger partial charge in [0.15, 0.2) is 0 Å². The van der Waals surface area contributed by atoms with Gasteiger partial charge < -0.3 is 10.1 Å². The Morgan fingerprint density at radius 1 is 1.54 bits per heavy atom. The molecule has 0 aliphatic rings. The lowest BCUT2D eigenvalue weighted by molar-refractivity contribution is 0.134. The van der Waals surface area contributed by atoms with Crippen LogP contribution in [0.25, 0.3) is 0 Å². The third-order valence-corrected chi connectivity index (χ3v) is 1.96. The summed E-state index contributed by atoms with van der Waals surface area (Å²) in [4.78, 5) is 11.0. The third kappa shape index (κ3) is 4.72. The van der Waals surface area contributed by atoms with Gasteiger partial charge in [-0.05, 0) is 11.8 Å². The minimum atomic E-state index is -0.440. The lowest BCUT2D eigenvalue weighted by atomic mass is 9.85. The molecule has 0 saturated carbocycles. The van der Waals surface area contributed by atoms with Gasteiger partial charge in [-0.15, -0.1) is 0 Å². The van der Waals surface area contributed by atoms with Crippen molar-refractivity contribution in [3.05, 3.63) is 0 Å². The molecule has 13 heavy (non-hydrogen) atoms. The highest BCUT2D eigenvalue weighted by molar-refractivity contribution is 5.67. The largest absolute Gasteiger partial charge is 0.434 e. The fraction of sp³-hybridized carbons (Fsp3) is 0.889. The number of alkyl carbamates (subject to hydrolysis) is 1. The molecule has 0 rings (SSSR count). The second kappa shape index (κ2) is 5.07. The van der Waals surface area contributed by atoms with Gasteiger partial charge in [-0.25, -0.2) is 4.79 Å². The van der Waals surface area contributed by atoms with Gasteiger partial charge in [0.05, 0.1) is 0 Å². The van der Waals surface area contributed by atoms with E-state index in [0.29, 0.717) is 0 Å². The van der Waals surface area contributed by atoms with Gasteiger partial charge in [-0.2, -0.15) is 0 Å². The number of amides is 1. The number of carbonyl (C=O) groups excluding carboxylic acids is 1. The van der Waals surface area contributed by atoms with E-state index in [0.717, 1.165) is 6.42 Å². The molecule has 0 bridgehead atoms. The van der Waals surface area contributed by atoms with Crippen molar-refractivity contribution in [2.45, 2.75) is 40.2 Å². The van der Waals surface area contributed by atoms with E-state index in [2.05, 4.69) is 30.8 Å². The van der Waals surface area contributed by atoms with E-state index in [1.165, 1.54) is 0 Å². The molecule has 0 fully saturated rings. The normalized spacial score (nSPS) is 13.6. The standard InChI is InChI=1S/C9H20N2O2/c1-5-7(9(2,3)4)11-8(12)13-6-10/h7H,5-6,10H2,1-4H3,(H,11,12). The smallest absolute Gasteiger partial charge is 0.408 e. The summed E-state index contributed by atoms with van der Waals surface area (Å²) in [7, 11) is 0. The second-order valence-corrected chi connectivity index (χ2v) is 4.07. The molecule has 3 N–H and O–H groups in total. The first-order valence-electron chi connectivity index (χ1n) is 4.55. The van der Waals surface area contributed by atoms with Crippen LogP contribution in [0, 0.1) is 5.41 Å². The minimum absolute atomic E-state index is 0.0440. The highest BCUT2D eigenvalue weighted by Crippen LogP contribution is 2.21. The molecule has 0 radical (unpaired) electrons. The Bertz CT molecular complexity index is 163. The lowest BCUT2D eigenvalue weighted by Gasteiger charge is -2.30. The van der Waals surface area contributed by atoms with Crippen molar-refractivity contribution in [3.8, 4) is 0 Å². The molecular weight excluding hydrogens is 168 g/mol. The van der Waals surface area contributed by atoms with Gasteiger partial charge in [-0.1, -0.05) is 27.7 Å². The zero-order chi connectivity index (χ0) is 10.5. The van der Waals surface area contributed by atoms with Crippen molar-refractivity contribution in [2.24, 2.45) is 11.1 Å². The minimum Gasteiger partial charge on any atom is -0.434 e. The molecule has 0 aromatic heterocycles. The SMILES string of the molecule is CCC(NC(=O)OCN)C(C)(C)C. The van der Waals surface area contributed by atoms with Crippen LogP contribution in [0.2, 0.25) is 0 Å². The zero-order valence-corrected chi connectivity index (χ0v) is 8.89. The summed E-state index contributed by atoms with van der Waals surface area (Å²) in [6, 6.07) is 0.117. The maximum Gasteiger partial charge on any atom is 0.408 e. The van der Waals surface area contributed by atoms with Crippen LogP contribution in [0.1, 0.15) is 34.1 Å². The van der Waals surface area contributed by atoms with Crippen molar-refractivity contribution in [3.63, 3.8) is 0 Å².